The lowest BCUT2D eigenvalue weighted by Crippen LogP contribution is -2.50. The number of ketones is 1. The molecule has 1 aliphatic rings. The van der Waals surface area contributed by atoms with Crippen molar-refractivity contribution in [3.63, 3.8) is 0 Å². The highest BCUT2D eigenvalue weighted by Gasteiger charge is 2.33. The van der Waals surface area contributed by atoms with Crippen molar-refractivity contribution in [3.05, 3.63) is 35.4 Å². The van der Waals surface area contributed by atoms with Crippen LogP contribution in [0.2, 0.25) is 0 Å². The average Bonchev–Trinajstić information content (AvgIpc) is 2.73. The molecule has 1 unspecified atom stereocenters. The van der Waals surface area contributed by atoms with Crippen molar-refractivity contribution in [2.24, 2.45) is 11.8 Å². The summed E-state index contributed by atoms with van der Waals surface area (Å²) in [7, 11) is 0. The van der Waals surface area contributed by atoms with Crippen LogP contribution in [0.15, 0.2) is 24.3 Å². The average molecular weight is 360 g/mol. The second-order valence-electron chi connectivity index (χ2n) is 7.40. The van der Waals surface area contributed by atoms with Gasteiger partial charge in [-0.15, -0.1) is 0 Å². The van der Waals surface area contributed by atoms with Crippen molar-refractivity contribution in [2.75, 3.05) is 0 Å². The third-order valence-electron chi connectivity index (χ3n) is 4.92. The first kappa shape index (κ1) is 20.1. The predicted octanol–water partition coefficient (Wildman–Crippen LogP) is 1.52. The summed E-state index contributed by atoms with van der Waals surface area (Å²) in [6, 6.07) is 6.05. The molecule has 1 aliphatic carbocycles. The molecule has 0 saturated heterocycles. The molecule has 2 rings (SSSR count). The number of amides is 2. The van der Waals surface area contributed by atoms with Gasteiger partial charge in [0.2, 0.25) is 11.8 Å². The zero-order valence-corrected chi connectivity index (χ0v) is 15.8. The van der Waals surface area contributed by atoms with Crippen LogP contribution in [-0.2, 0) is 20.8 Å². The number of rotatable bonds is 5. The van der Waals surface area contributed by atoms with Gasteiger partial charge in [-0.2, -0.15) is 0 Å². The van der Waals surface area contributed by atoms with E-state index in [2.05, 4.69) is 10.6 Å². The number of carbonyl (C=O) groups excluding carboxylic acids is 3. The summed E-state index contributed by atoms with van der Waals surface area (Å²) < 4.78 is 0. The second kappa shape index (κ2) is 8.45. The van der Waals surface area contributed by atoms with Crippen LogP contribution in [0.3, 0.4) is 0 Å². The Balaban J connectivity index is 2.13. The number of aryl methyl sites for hydroxylation is 1. The summed E-state index contributed by atoms with van der Waals surface area (Å²) in [5.41, 5.74) is 1.87. The molecule has 1 aromatic rings. The summed E-state index contributed by atoms with van der Waals surface area (Å²) in [5.74, 6) is -1.47. The van der Waals surface area contributed by atoms with Gasteiger partial charge in [-0.05, 0) is 36.8 Å². The van der Waals surface area contributed by atoms with Gasteiger partial charge in [-0.25, -0.2) is 0 Å². The second-order valence-corrected chi connectivity index (χ2v) is 7.40. The Morgan fingerprint density at radius 3 is 2.46 bits per heavy atom. The SMILES string of the molecule is CC1CCc2ccccc2[C@H](NC(=O)[C@H](C)NC(=O)[C@@H](O)C(C)C)C1=O. The number of Topliss-reactive ketones (excluding diaryl/α,β-unsaturated/α-hetero) is 1. The number of aliphatic hydroxyl groups is 1. The lowest BCUT2D eigenvalue weighted by molar-refractivity contribution is -0.136. The van der Waals surface area contributed by atoms with Crippen molar-refractivity contribution in [1.29, 1.82) is 0 Å². The zero-order valence-electron chi connectivity index (χ0n) is 15.8. The maximum Gasteiger partial charge on any atom is 0.249 e. The van der Waals surface area contributed by atoms with Crippen LogP contribution in [0, 0.1) is 11.8 Å². The summed E-state index contributed by atoms with van der Waals surface area (Å²) in [4.78, 5) is 37.3. The Bertz CT molecular complexity index is 686. The molecule has 26 heavy (non-hydrogen) atoms. The molecule has 1 aromatic carbocycles. The number of hydrogen-bond donors (Lipinski definition) is 3. The lowest BCUT2D eigenvalue weighted by Gasteiger charge is -2.23. The fraction of sp³-hybridized carbons (Fsp3) is 0.550. The van der Waals surface area contributed by atoms with Crippen LogP contribution < -0.4 is 10.6 Å². The first-order valence-corrected chi connectivity index (χ1v) is 9.12. The molecule has 0 spiro atoms. The summed E-state index contributed by atoms with van der Waals surface area (Å²) in [6.07, 6.45) is 0.364. The highest BCUT2D eigenvalue weighted by Crippen LogP contribution is 2.29. The number of nitrogens with one attached hydrogen (secondary N) is 2. The van der Waals surface area contributed by atoms with Crippen LogP contribution in [-0.4, -0.2) is 34.8 Å². The maximum atomic E-state index is 12.7. The normalized spacial score (nSPS) is 22.2. The first-order valence-electron chi connectivity index (χ1n) is 9.12. The Morgan fingerprint density at radius 2 is 1.81 bits per heavy atom. The quantitative estimate of drug-likeness (QED) is 0.694. The summed E-state index contributed by atoms with van der Waals surface area (Å²) in [6.45, 7) is 6.85. The number of fused-ring (bicyclic) bond motifs is 1. The number of carbonyl (C=O) groups is 3. The predicted molar refractivity (Wildman–Crippen MR) is 98.3 cm³/mol. The molecule has 0 aliphatic heterocycles. The van der Waals surface area contributed by atoms with Crippen LogP contribution in [0.25, 0.3) is 0 Å². The fourth-order valence-corrected chi connectivity index (χ4v) is 3.08. The van der Waals surface area contributed by atoms with Crippen LogP contribution in [0.1, 0.15) is 51.3 Å². The maximum absolute atomic E-state index is 12.7. The Hall–Kier alpha value is -2.21. The van der Waals surface area contributed by atoms with E-state index in [0.29, 0.717) is 0 Å². The van der Waals surface area contributed by atoms with E-state index in [1.165, 1.54) is 6.92 Å². The summed E-state index contributed by atoms with van der Waals surface area (Å²) in [5, 5.41) is 15.1. The van der Waals surface area contributed by atoms with Gasteiger partial charge in [-0.1, -0.05) is 45.0 Å². The van der Waals surface area contributed by atoms with Crippen LogP contribution in [0.4, 0.5) is 0 Å². The van der Waals surface area contributed by atoms with Crippen LogP contribution in [0.5, 0.6) is 0 Å². The third kappa shape index (κ3) is 4.49. The van der Waals surface area contributed by atoms with Gasteiger partial charge in [-0.3, -0.25) is 14.4 Å². The Morgan fingerprint density at radius 1 is 1.15 bits per heavy atom. The van der Waals surface area contributed by atoms with Crippen molar-refractivity contribution >= 4 is 17.6 Å². The largest absolute Gasteiger partial charge is 0.383 e. The van der Waals surface area contributed by atoms with Gasteiger partial charge in [0.15, 0.2) is 5.78 Å². The zero-order chi connectivity index (χ0) is 19.4. The van der Waals surface area contributed by atoms with E-state index in [4.69, 9.17) is 0 Å². The van der Waals surface area contributed by atoms with Gasteiger partial charge in [0.1, 0.15) is 18.2 Å². The molecule has 0 aromatic heterocycles. The highest BCUT2D eigenvalue weighted by atomic mass is 16.3. The van der Waals surface area contributed by atoms with Crippen LogP contribution >= 0.6 is 0 Å². The highest BCUT2D eigenvalue weighted by molar-refractivity contribution is 5.95. The van der Waals surface area contributed by atoms with Crippen molar-refractivity contribution < 1.29 is 19.5 Å². The molecule has 0 saturated carbocycles. The number of aliphatic hydroxyl groups excluding tert-OH is 1. The molecule has 0 fully saturated rings. The number of benzene rings is 1. The molecule has 6 nitrogen and oxygen atoms in total. The molecule has 4 atom stereocenters. The molecule has 6 heteroatoms. The third-order valence-corrected chi connectivity index (χ3v) is 4.92. The molecular formula is C20H28N2O4. The van der Waals surface area contributed by atoms with Crippen molar-refractivity contribution in [1.82, 2.24) is 10.6 Å². The summed E-state index contributed by atoms with van der Waals surface area (Å²) >= 11 is 0. The van der Waals surface area contributed by atoms with Gasteiger partial charge >= 0.3 is 0 Å². The molecule has 3 N–H and O–H groups in total. The van der Waals surface area contributed by atoms with Crippen molar-refractivity contribution in [2.45, 2.75) is 58.7 Å². The monoisotopic (exact) mass is 360 g/mol. The van der Waals surface area contributed by atoms with E-state index >= 15 is 0 Å². The minimum absolute atomic E-state index is 0.0240. The molecule has 142 valence electrons. The fourth-order valence-electron chi connectivity index (χ4n) is 3.08. The van der Waals surface area contributed by atoms with E-state index in [0.717, 1.165) is 24.0 Å². The molecule has 0 bridgehead atoms. The number of hydrogen-bond acceptors (Lipinski definition) is 4. The minimum atomic E-state index is -1.18. The van der Waals surface area contributed by atoms with Gasteiger partial charge < -0.3 is 15.7 Å². The van der Waals surface area contributed by atoms with E-state index in [1.807, 2.05) is 31.2 Å². The van der Waals surface area contributed by atoms with Gasteiger partial charge in [0, 0.05) is 5.92 Å². The van der Waals surface area contributed by atoms with Gasteiger partial charge in [0.05, 0.1) is 0 Å². The standard InChI is InChI=1S/C20H28N2O4/c1-11(2)17(23)20(26)21-13(4)19(25)22-16-15-8-6-5-7-14(15)10-9-12(3)18(16)24/h5-8,11-13,16-17,23H,9-10H2,1-4H3,(H,21,26)(H,22,25)/t12?,13-,16-,17-/m0/s1. The Labute approximate surface area is 154 Å². The lowest BCUT2D eigenvalue weighted by atomic mass is 9.95. The smallest absolute Gasteiger partial charge is 0.249 e. The van der Waals surface area contributed by atoms with E-state index in [1.54, 1.807) is 13.8 Å². The molecule has 0 radical (unpaired) electrons. The van der Waals surface area contributed by atoms with E-state index < -0.39 is 30.0 Å². The minimum Gasteiger partial charge on any atom is -0.383 e. The van der Waals surface area contributed by atoms with E-state index in [9.17, 15) is 19.5 Å². The molecule has 2 amide bonds. The van der Waals surface area contributed by atoms with E-state index in [-0.39, 0.29) is 17.6 Å². The van der Waals surface area contributed by atoms with Gasteiger partial charge in [0.25, 0.3) is 0 Å². The first-order chi connectivity index (χ1) is 12.2. The topological polar surface area (TPSA) is 95.5 Å². The Kier molecular flexibility index (Phi) is 6.53. The molecular weight excluding hydrogens is 332 g/mol. The van der Waals surface area contributed by atoms with Crippen molar-refractivity contribution in [3.8, 4) is 0 Å². The molecule has 0 heterocycles.